The van der Waals surface area contributed by atoms with Crippen molar-refractivity contribution in [2.24, 2.45) is 5.92 Å². The number of carbonyl (C=O) groups is 1. The molecule has 5 heteroatoms. The van der Waals surface area contributed by atoms with Crippen LogP contribution in [0.2, 0.25) is 0 Å². The van der Waals surface area contributed by atoms with E-state index in [2.05, 4.69) is 15.1 Å². The lowest BCUT2D eigenvalue weighted by Gasteiger charge is -2.32. The summed E-state index contributed by atoms with van der Waals surface area (Å²) in [5.41, 5.74) is 0.678. The maximum Gasteiger partial charge on any atom is 0.151 e. The van der Waals surface area contributed by atoms with E-state index in [1.807, 2.05) is 24.3 Å². The van der Waals surface area contributed by atoms with Gasteiger partial charge in [-0.25, -0.2) is 0 Å². The van der Waals surface area contributed by atoms with Crippen LogP contribution in [0.3, 0.4) is 0 Å². The summed E-state index contributed by atoms with van der Waals surface area (Å²) in [7, 11) is 0. The molecule has 1 fully saturated rings. The molecule has 5 nitrogen and oxygen atoms in total. The van der Waals surface area contributed by atoms with Gasteiger partial charge in [0.05, 0.1) is 6.61 Å². The van der Waals surface area contributed by atoms with E-state index >= 15 is 0 Å². The van der Waals surface area contributed by atoms with E-state index in [1.54, 1.807) is 18.3 Å². The normalized spacial score (nSPS) is 15.2. The van der Waals surface area contributed by atoms with Crippen LogP contribution in [0.1, 0.15) is 36.0 Å². The molecule has 126 valence electrons. The predicted octanol–water partition coefficient (Wildman–Crippen LogP) is 3.36. The highest BCUT2D eigenvalue weighted by Gasteiger charge is 2.19. The third-order valence-electron chi connectivity index (χ3n) is 4.54. The molecule has 2 aromatic rings. The van der Waals surface area contributed by atoms with Crippen LogP contribution in [0.5, 0.6) is 5.75 Å². The molecule has 2 heterocycles. The molecule has 0 unspecified atom stereocenters. The van der Waals surface area contributed by atoms with Crippen molar-refractivity contribution >= 4 is 12.1 Å². The number of benzene rings is 1. The van der Waals surface area contributed by atoms with Crippen molar-refractivity contribution in [3.8, 4) is 5.75 Å². The van der Waals surface area contributed by atoms with Crippen molar-refractivity contribution in [1.82, 2.24) is 10.2 Å². The Balaban J connectivity index is 1.34. The van der Waals surface area contributed by atoms with Crippen LogP contribution in [0.4, 0.5) is 5.82 Å². The number of anilines is 1. The van der Waals surface area contributed by atoms with Crippen molar-refractivity contribution in [2.75, 3.05) is 24.6 Å². The van der Waals surface area contributed by atoms with Gasteiger partial charge in [0.2, 0.25) is 0 Å². The average molecular weight is 325 g/mol. The molecule has 3 rings (SSSR count). The van der Waals surface area contributed by atoms with Crippen LogP contribution >= 0.6 is 0 Å². The van der Waals surface area contributed by atoms with Gasteiger partial charge in [0, 0.05) is 24.8 Å². The molecule has 0 saturated carbocycles. The molecular formula is C19H23N3O2. The number of aldehydes is 1. The minimum Gasteiger partial charge on any atom is -0.494 e. The number of rotatable bonds is 7. The Morgan fingerprint density at radius 1 is 1.17 bits per heavy atom. The number of nitrogens with zero attached hydrogens (tertiary/aromatic N) is 3. The van der Waals surface area contributed by atoms with Crippen molar-refractivity contribution in [1.29, 1.82) is 0 Å². The quantitative estimate of drug-likeness (QED) is 0.577. The molecule has 0 atom stereocenters. The van der Waals surface area contributed by atoms with Crippen LogP contribution in [0, 0.1) is 5.92 Å². The summed E-state index contributed by atoms with van der Waals surface area (Å²) in [4.78, 5) is 12.9. The highest BCUT2D eigenvalue weighted by molar-refractivity contribution is 5.74. The number of hydrogen-bond donors (Lipinski definition) is 0. The van der Waals surface area contributed by atoms with Crippen molar-refractivity contribution in [3.05, 3.63) is 48.2 Å². The van der Waals surface area contributed by atoms with E-state index in [1.165, 1.54) is 19.3 Å². The molecular weight excluding hydrogens is 302 g/mol. The van der Waals surface area contributed by atoms with Crippen molar-refractivity contribution < 1.29 is 9.53 Å². The highest BCUT2D eigenvalue weighted by Crippen LogP contribution is 2.24. The Morgan fingerprint density at radius 2 is 1.96 bits per heavy atom. The molecule has 1 aromatic heterocycles. The first kappa shape index (κ1) is 16.4. The van der Waals surface area contributed by atoms with Gasteiger partial charge < -0.3 is 9.64 Å². The molecule has 1 aliphatic heterocycles. The summed E-state index contributed by atoms with van der Waals surface area (Å²) >= 11 is 0. The number of carbonyl (C=O) groups excluding carboxylic acids is 1. The van der Waals surface area contributed by atoms with E-state index in [0.29, 0.717) is 5.56 Å². The summed E-state index contributed by atoms with van der Waals surface area (Å²) in [6, 6.07) is 11.2. The van der Waals surface area contributed by atoms with Gasteiger partial charge in [-0.3, -0.25) is 4.79 Å². The Hall–Kier alpha value is -2.43. The van der Waals surface area contributed by atoms with Crippen LogP contribution in [0.15, 0.2) is 42.6 Å². The number of aromatic nitrogens is 2. The SMILES string of the molecule is O=Cc1ccc(OCCCC2CCN(c3cccnn3)CC2)cc1. The van der Waals surface area contributed by atoms with Gasteiger partial charge in [-0.1, -0.05) is 0 Å². The smallest absolute Gasteiger partial charge is 0.151 e. The first-order valence-corrected chi connectivity index (χ1v) is 8.56. The zero-order chi connectivity index (χ0) is 16.6. The average Bonchev–Trinajstić information content (AvgIpc) is 2.67. The predicted molar refractivity (Wildman–Crippen MR) is 93.5 cm³/mol. The number of piperidine rings is 1. The summed E-state index contributed by atoms with van der Waals surface area (Å²) in [6.45, 7) is 2.83. The van der Waals surface area contributed by atoms with Crippen molar-refractivity contribution in [2.45, 2.75) is 25.7 Å². The third-order valence-corrected chi connectivity index (χ3v) is 4.54. The van der Waals surface area contributed by atoms with Gasteiger partial charge in [-0.05, 0) is 68.0 Å². The van der Waals surface area contributed by atoms with E-state index < -0.39 is 0 Å². The summed E-state index contributed by atoms with van der Waals surface area (Å²) in [5, 5.41) is 8.13. The van der Waals surface area contributed by atoms with Crippen LogP contribution in [0.25, 0.3) is 0 Å². The fourth-order valence-electron chi connectivity index (χ4n) is 3.12. The lowest BCUT2D eigenvalue weighted by Crippen LogP contribution is -2.34. The molecule has 0 amide bonds. The van der Waals surface area contributed by atoms with Crippen molar-refractivity contribution in [3.63, 3.8) is 0 Å². The van der Waals surface area contributed by atoms with E-state index in [9.17, 15) is 4.79 Å². The Morgan fingerprint density at radius 3 is 2.62 bits per heavy atom. The summed E-state index contributed by atoms with van der Waals surface area (Å²) in [6.07, 6.45) is 7.21. The second-order valence-corrected chi connectivity index (χ2v) is 6.19. The third kappa shape index (κ3) is 4.54. The van der Waals surface area contributed by atoms with Gasteiger partial charge in [0.15, 0.2) is 5.82 Å². The summed E-state index contributed by atoms with van der Waals surface area (Å²) in [5.74, 6) is 2.58. The zero-order valence-electron chi connectivity index (χ0n) is 13.8. The molecule has 0 aliphatic carbocycles. The molecule has 0 radical (unpaired) electrons. The minimum atomic E-state index is 0.678. The maximum atomic E-state index is 10.6. The number of ether oxygens (including phenoxy) is 1. The molecule has 0 bridgehead atoms. The van der Waals surface area contributed by atoms with Crippen LogP contribution < -0.4 is 9.64 Å². The highest BCUT2D eigenvalue weighted by atomic mass is 16.5. The van der Waals surface area contributed by atoms with Gasteiger partial charge in [0.1, 0.15) is 12.0 Å². The maximum absolute atomic E-state index is 10.6. The Bertz CT molecular complexity index is 623. The molecule has 1 saturated heterocycles. The minimum absolute atomic E-state index is 0.678. The lowest BCUT2D eigenvalue weighted by atomic mass is 9.92. The van der Waals surface area contributed by atoms with Gasteiger partial charge in [0.25, 0.3) is 0 Å². The molecule has 0 N–H and O–H groups in total. The van der Waals surface area contributed by atoms with Crippen LogP contribution in [-0.4, -0.2) is 36.2 Å². The monoisotopic (exact) mass is 325 g/mol. The first-order chi connectivity index (χ1) is 11.8. The van der Waals surface area contributed by atoms with Gasteiger partial charge >= 0.3 is 0 Å². The molecule has 1 aliphatic rings. The molecule has 0 spiro atoms. The largest absolute Gasteiger partial charge is 0.494 e. The first-order valence-electron chi connectivity index (χ1n) is 8.56. The fourth-order valence-corrected chi connectivity index (χ4v) is 3.12. The second-order valence-electron chi connectivity index (χ2n) is 6.19. The Labute approximate surface area is 142 Å². The van der Waals surface area contributed by atoms with E-state index in [-0.39, 0.29) is 0 Å². The topological polar surface area (TPSA) is 55.3 Å². The fraction of sp³-hybridized carbons (Fsp3) is 0.421. The molecule has 24 heavy (non-hydrogen) atoms. The number of hydrogen-bond acceptors (Lipinski definition) is 5. The van der Waals surface area contributed by atoms with E-state index in [0.717, 1.165) is 49.9 Å². The Kier molecular flexibility index (Phi) is 5.77. The van der Waals surface area contributed by atoms with Gasteiger partial charge in [-0.2, -0.15) is 5.10 Å². The van der Waals surface area contributed by atoms with Crippen LogP contribution in [-0.2, 0) is 0 Å². The summed E-state index contributed by atoms with van der Waals surface area (Å²) < 4.78 is 5.74. The second kappa shape index (κ2) is 8.43. The standard InChI is InChI=1S/C19H23N3O2/c23-15-17-5-7-18(8-6-17)24-14-2-3-16-9-12-22(13-10-16)19-4-1-11-20-21-19/h1,4-8,11,15-16H,2-3,9-10,12-14H2. The lowest BCUT2D eigenvalue weighted by molar-refractivity contribution is 0.112. The molecule has 1 aromatic carbocycles. The van der Waals surface area contributed by atoms with E-state index in [4.69, 9.17) is 4.74 Å². The van der Waals surface area contributed by atoms with Gasteiger partial charge in [-0.15, -0.1) is 5.10 Å². The zero-order valence-corrected chi connectivity index (χ0v) is 13.8.